The lowest BCUT2D eigenvalue weighted by molar-refractivity contribution is 0.422. The maximum atomic E-state index is 8.72. The number of nitriles is 1. The highest BCUT2D eigenvalue weighted by atomic mass is 15.3. The largest absolute Gasteiger partial charge is 0.351 e. The van der Waals surface area contributed by atoms with Crippen molar-refractivity contribution in [2.75, 3.05) is 18.0 Å². The van der Waals surface area contributed by atoms with Gasteiger partial charge in [-0.1, -0.05) is 0 Å². The van der Waals surface area contributed by atoms with Crippen LogP contribution in [0.5, 0.6) is 0 Å². The fourth-order valence-corrected chi connectivity index (χ4v) is 1.96. The van der Waals surface area contributed by atoms with Gasteiger partial charge < -0.3 is 10.2 Å². The van der Waals surface area contributed by atoms with Gasteiger partial charge in [0, 0.05) is 31.4 Å². The summed E-state index contributed by atoms with van der Waals surface area (Å²) in [4.78, 5) is 6.61. The highest BCUT2D eigenvalue weighted by Gasteiger charge is 2.23. The van der Waals surface area contributed by atoms with E-state index in [1.807, 2.05) is 12.1 Å². The first-order chi connectivity index (χ1) is 7.70. The van der Waals surface area contributed by atoms with Gasteiger partial charge in [0.2, 0.25) is 0 Å². The monoisotopic (exact) mass is 216 g/mol. The molecular weight excluding hydrogens is 200 g/mol. The maximum absolute atomic E-state index is 8.72. The molecule has 0 unspecified atom stereocenters. The summed E-state index contributed by atoms with van der Waals surface area (Å²) in [6.07, 6.45) is 1.63. The van der Waals surface area contributed by atoms with Crippen molar-refractivity contribution in [2.24, 2.45) is 0 Å². The van der Waals surface area contributed by atoms with Crippen LogP contribution in [-0.2, 0) is 0 Å². The third-order valence-corrected chi connectivity index (χ3v) is 2.94. The van der Waals surface area contributed by atoms with Gasteiger partial charge in [-0.3, -0.25) is 0 Å². The van der Waals surface area contributed by atoms with Gasteiger partial charge in [-0.2, -0.15) is 5.26 Å². The van der Waals surface area contributed by atoms with Crippen molar-refractivity contribution in [1.82, 2.24) is 10.3 Å². The average molecular weight is 216 g/mol. The number of rotatable bonds is 1. The molecule has 16 heavy (non-hydrogen) atoms. The Hall–Kier alpha value is -1.60. The summed E-state index contributed by atoms with van der Waals surface area (Å²) >= 11 is 0. The standard InChI is InChI=1S/C12H16N4/c1-9-8-16(10(2)6-14-9)12-4-3-11(5-13)7-15-12/h3-4,7,9-10,14H,6,8H2,1-2H3/t9-,10+/m1/s1. The van der Waals surface area contributed by atoms with E-state index in [9.17, 15) is 0 Å². The summed E-state index contributed by atoms with van der Waals surface area (Å²) in [5.41, 5.74) is 0.611. The Labute approximate surface area is 95.9 Å². The van der Waals surface area contributed by atoms with Crippen molar-refractivity contribution in [3.05, 3.63) is 23.9 Å². The van der Waals surface area contributed by atoms with Crippen LogP contribution in [0.4, 0.5) is 5.82 Å². The van der Waals surface area contributed by atoms with Gasteiger partial charge in [-0.25, -0.2) is 4.98 Å². The topological polar surface area (TPSA) is 52.0 Å². The quantitative estimate of drug-likeness (QED) is 0.765. The van der Waals surface area contributed by atoms with E-state index >= 15 is 0 Å². The maximum Gasteiger partial charge on any atom is 0.128 e. The fourth-order valence-electron chi connectivity index (χ4n) is 1.96. The van der Waals surface area contributed by atoms with Crippen LogP contribution in [0.3, 0.4) is 0 Å². The van der Waals surface area contributed by atoms with Crippen molar-refractivity contribution in [3.63, 3.8) is 0 Å². The zero-order valence-electron chi connectivity index (χ0n) is 9.64. The number of nitrogens with zero attached hydrogens (tertiary/aromatic N) is 3. The van der Waals surface area contributed by atoms with Crippen LogP contribution in [0.25, 0.3) is 0 Å². The molecule has 0 bridgehead atoms. The minimum absolute atomic E-state index is 0.441. The predicted octanol–water partition coefficient (Wildman–Crippen LogP) is 1.14. The van der Waals surface area contributed by atoms with Crippen LogP contribution < -0.4 is 10.2 Å². The van der Waals surface area contributed by atoms with Gasteiger partial charge in [0.25, 0.3) is 0 Å². The number of anilines is 1. The summed E-state index contributed by atoms with van der Waals surface area (Å²) in [6.45, 7) is 6.28. The molecule has 1 aromatic heterocycles. The van der Waals surface area contributed by atoms with Crippen molar-refractivity contribution < 1.29 is 0 Å². The Bertz CT molecular complexity index is 392. The Balaban J connectivity index is 2.18. The first-order valence-electron chi connectivity index (χ1n) is 5.57. The van der Waals surface area contributed by atoms with E-state index in [2.05, 4.69) is 35.1 Å². The lowest BCUT2D eigenvalue weighted by atomic mass is 10.1. The average Bonchev–Trinajstić information content (AvgIpc) is 2.32. The summed E-state index contributed by atoms with van der Waals surface area (Å²) in [6, 6.07) is 6.75. The molecule has 1 aromatic rings. The molecule has 1 N–H and O–H groups in total. The highest BCUT2D eigenvalue weighted by molar-refractivity contribution is 5.43. The summed E-state index contributed by atoms with van der Waals surface area (Å²) in [5, 5.41) is 12.2. The third-order valence-electron chi connectivity index (χ3n) is 2.94. The first-order valence-corrected chi connectivity index (χ1v) is 5.57. The van der Waals surface area contributed by atoms with Crippen LogP contribution >= 0.6 is 0 Å². The number of piperazine rings is 1. The zero-order valence-corrected chi connectivity index (χ0v) is 9.64. The number of nitrogens with one attached hydrogen (secondary N) is 1. The Kier molecular flexibility index (Phi) is 3.07. The van der Waals surface area contributed by atoms with Crippen LogP contribution in [0, 0.1) is 11.3 Å². The third kappa shape index (κ3) is 2.15. The minimum Gasteiger partial charge on any atom is -0.351 e. The molecule has 0 saturated carbocycles. The molecule has 0 amide bonds. The molecule has 1 saturated heterocycles. The van der Waals surface area contributed by atoms with E-state index in [4.69, 9.17) is 5.26 Å². The molecule has 2 heterocycles. The van der Waals surface area contributed by atoms with E-state index in [0.717, 1.165) is 18.9 Å². The van der Waals surface area contributed by atoms with Crippen molar-refractivity contribution in [3.8, 4) is 6.07 Å². The van der Waals surface area contributed by atoms with Gasteiger partial charge >= 0.3 is 0 Å². The van der Waals surface area contributed by atoms with Crippen molar-refractivity contribution in [2.45, 2.75) is 25.9 Å². The summed E-state index contributed by atoms with van der Waals surface area (Å²) in [5.74, 6) is 0.958. The molecule has 0 spiro atoms. The molecular formula is C12H16N4. The Morgan fingerprint density at radius 1 is 1.50 bits per heavy atom. The van der Waals surface area contributed by atoms with Crippen molar-refractivity contribution >= 4 is 5.82 Å². The fraction of sp³-hybridized carbons (Fsp3) is 0.500. The smallest absolute Gasteiger partial charge is 0.128 e. The number of pyridine rings is 1. The lowest BCUT2D eigenvalue weighted by Crippen LogP contribution is -2.54. The molecule has 2 rings (SSSR count). The summed E-state index contributed by atoms with van der Waals surface area (Å²) < 4.78 is 0. The van der Waals surface area contributed by atoms with Gasteiger partial charge in [0.1, 0.15) is 11.9 Å². The molecule has 4 nitrogen and oxygen atoms in total. The van der Waals surface area contributed by atoms with E-state index in [1.165, 1.54) is 0 Å². The number of aromatic nitrogens is 1. The van der Waals surface area contributed by atoms with E-state index in [-0.39, 0.29) is 0 Å². The summed E-state index contributed by atoms with van der Waals surface area (Å²) in [7, 11) is 0. The highest BCUT2D eigenvalue weighted by Crippen LogP contribution is 2.17. The molecule has 4 heteroatoms. The molecule has 1 aliphatic heterocycles. The Morgan fingerprint density at radius 3 is 2.94 bits per heavy atom. The van der Waals surface area contributed by atoms with Gasteiger partial charge in [0.15, 0.2) is 0 Å². The van der Waals surface area contributed by atoms with E-state index < -0.39 is 0 Å². The second-order valence-corrected chi connectivity index (χ2v) is 4.33. The van der Waals surface area contributed by atoms with Crippen LogP contribution in [0.1, 0.15) is 19.4 Å². The molecule has 84 valence electrons. The number of hydrogen-bond donors (Lipinski definition) is 1. The van der Waals surface area contributed by atoms with E-state index in [0.29, 0.717) is 17.6 Å². The van der Waals surface area contributed by atoms with Crippen LogP contribution in [0.15, 0.2) is 18.3 Å². The zero-order chi connectivity index (χ0) is 11.5. The molecule has 1 fully saturated rings. The SMILES string of the molecule is C[C@@H]1CN(c2ccc(C#N)cn2)[C@@H](C)CN1. The minimum atomic E-state index is 0.441. The van der Waals surface area contributed by atoms with Gasteiger partial charge in [-0.05, 0) is 26.0 Å². The van der Waals surface area contributed by atoms with Crippen LogP contribution in [0.2, 0.25) is 0 Å². The first kappa shape index (κ1) is 10.9. The van der Waals surface area contributed by atoms with Gasteiger partial charge in [-0.15, -0.1) is 0 Å². The van der Waals surface area contributed by atoms with Crippen LogP contribution in [-0.4, -0.2) is 30.2 Å². The molecule has 0 aliphatic carbocycles. The molecule has 0 aromatic carbocycles. The molecule has 2 atom stereocenters. The Morgan fingerprint density at radius 2 is 2.31 bits per heavy atom. The normalized spacial score (nSPS) is 25.2. The van der Waals surface area contributed by atoms with Crippen molar-refractivity contribution in [1.29, 1.82) is 5.26 Å². The molecule has 0 radical (unpaired) electrons. The molecule has 1 aliphatic rings. The van der Waals surface area contributed by atoms with E-state index in [1.54, 1.807) is 6.20 Å². The van der Waals surface area contributed by atoms with Gasteiger partial charge in [0.05, 0.1) is 5.56 Å². The number of hydrogen-bond acceptors (Lipinski definition) is 4. The predicted molar refractivity (Wildman–Crippen MR) is 63.2 cm³/mol. The second-order valence-electron chi connectivity index (χ2n) is 4.33. The lowest BCUT2D eigenvalue weighted by Gasteiger charge is -2.38. The second kappa shape index (κ2) is 4.50.